The quantitative estimate of drug-likeness (QED) is 0.248. The number of benzene rings is 2. The Hall–Kier alpha value is -2.99. The molecular weight excluding hydrogens is 424 g/mol. The Kier molecular flexibility index (Phi) is 7.78. The number of fused-ring (bicyclic) bond motifs is 1. The minimum atomic E-state index is 0.351. The molecular formula is C28H38N4O2. The maximum atomic E-state index is 6.39. The van der Waals surface area contributed by atoms with Crippen LogP contribution in [-0.4, -0.2) is 43.6 Å². The molecule has 1 aliphatic rings. The third-order valence-electron chi connectivity index (χ3n) is 7.14. The van der Waals surface area contributed by atoms with Crippen LogP contribution in [0.4, 0.5) is 11.6 Å². The van der Waals surface area contributed by atoms with Gasteiger partial charge in [-0.15, -0.1) is 0 Å². The number of hydrogen-bond donors (Lipinski definition) is 1. The zero-order chi connectivity index (χ0) is 24.1. The van der Waals surface area contributed by atoms with Crippen molar-refractivity contribution in [1.82, 2.24) is 4.90 Å². The van der Waals surface area contributed by atoms with Crippen LogP contribution in [0.1, 0.15) is 51.5 Å². The van der Waals surface area contributed by atoms with Gasteiger partial charge in [0.05, 0.1) is 12.8 Å². The number of ether oxygens (including phenoxy) is 1. The van der Waals surface area contributed by atoms with Crippen molar-refractivity contribution < 1.29 is 9.15 Å². The second-order valence-corrected chi connectivity index (χ2v) is 9.38. The van der Waals surface area contributed by atoms with E-state index in [1.807, 2.05) is 35.2 Å². The number of anilines is 2. The van der Waals surface area contributed by atoms with E-state index in [0.717, 1.165) is 35.1 Å². The van der Waals surface area contributed by atoms with Crippen LogP contribution < -0.4 is 15.4 Å². The zero-order valence-electron chi connectivity index (χ0n) is 21.0. The number of rotatable bonds is 8. The van der Waals surface area contributed by atoms with Gasteiger partial charge in [0.15, 0.2) is 0 Å². The summed E-state index contributed by atoms with van der Waals surface area (Å²) in [7, 11) is 3.36. The molecule has 0 spiro atoms. The van der Waals surface area contributed by atoms with E-state index in [1.165, 1.54) is 37.8 Å². The molecule has 6 nitrogen and oxygen atoms in total. The second-order valence-electron chi connectivity index (χ2n) is 9.38. The van der Waals surface area contributed by atoms with E-state index in [-0.39, 0.29) is 0 Å². The number of hydrogen-bond acceptors (Lipinski definition) is 4. The van der Waals surface area contributed by atoms with Crippen LogP contribution >= 0.6 is 0 Å². The number of unbranched alkanes of at least 4 members (excludes halogenated alkanes) is 1. The van der Waals surface area contributed by atoms with Crippen molar-refractivity contribution in [1.29, 1.82) is 0 Å². The van der Waals surface area contributed by atoms with E-state index in [9.17, 15) is 0 Å². The predicted molar refractivity (Wildman–Crippen MR) is 141 cm³/mol. The standard InChI is InChI=1S/C28H38N4O2/c1-20-10-9-11-21(2)31(20)17-8-7-12-22-15-16-26(33-4)25(18-22)32(28(29)30-3)27-24-14-6-5-13-23(24)19-34-27/h5-6,13-16,18-21H,7-12,17H2,1-4H3,(H2,29,30). The summed E-state index contributed by atoms with van der Waals surface area (Å²) in [5, 5.41) is 1.99. The predicted octanol–water partition coefficient (Wildman–Crippen LogP) is 6.11. The van der Waals surface area contributed by atoms with Crippen LogP contribution in [0.3, 0.4) is 0 Å². The summed E-state index contributed by atoms with van der Waals surface area (Å²) in [5.41, 5.74) is 8.48. The molecule has 2 atom stereocenters. The molecule has 1 aliphatic heterocycles. The first-order valence-electron chi connectivity index (χ1n) is 12.4. The lowest BCUT2D eigenvalue weighted by atomic mass is 9.97. The Bertz CT molecular complexity index is 1110. The van der Waals surface area contributed by atoms with E-state index < -0.39 is 0 Å². The van der Waals surface area contributed by atoms with Crippen molar-refractivity contribution in [3.05, 3.63) is 54.3 Å². The summed E-state index contributed by atoms with van der Waals surface area (Å²) in [5.74, 6) is 1.72. The number of aliphatic imine (C=N–C) groups is 1. The van der Waals surface area contributed by atoms with Crippen LogP contribution in [0.5, 0.6) is 5.75 Å². The molecule has 3 aromatic rings. The zero-order valence-corrected chi connectivity index (χ0v) is 21.0. The fourth-order valence-electron chi connectivity index (χ4n) is 5.19. The minimum absolute atomic E-state index is 0.351. The number of piperidine rings is 1. The van der Waals surface area contributed by atoms with Crippen molar-refractivity contribution in [3.63, 3.8) is 0 Å². The Morgan fingerprint density at radius 2 is 1.91 bits per heavy atom. The van der Waals surface area contributed by atoms with Gasteiger partial charge in [0.2, 0.25) is 11.8 Å². The highest BCUT2D eigenvalue weighted by Gasteiger charge is 2.25. The lowest BCUT2D eigenvalue weighted by Crippen LogP contribution is -2.44. The number of nitrogens with zero attached hydrogens (tertiary/aromatic N) is 3. The summed E-state index contributed by atoms with van der Waals surface area (Å²) in [6.45, 7) is 5.92. The number of methoxy groups -OCH3 is 1. The monoisotopic (exact) mass is 462 g/mol. The molecule has 1 saturated heterocycles. The molecule has 0 aliphatic carbocycles. The van der Waals surface area contributed by atoms with Gasteiger partial charge >= 0.3 is 0 Å². The van der Waals surface area contributed by atoms with Crippen molar-refractivity contribution in [2.24, 2.45) is 10.7 Å². The molecule has 2 unspecified atom stereocenters. The summed E-state index contributed by atoms with van der Waals surface area (Å²) < 4.78 is 11.7. The first-order valence-corrected chi connectivity index (χ1v) is 12.4. The first kappa shape index (κ1) is 24.1. The van der Waals surface area contributed by atoms with Gasteiger partial charge in [0, 0.05) is 29.9 Å². The van der Waals surface area contributed by atoms with E-state index >= 15 is 0 Å². The molecule has 0 radical (unpaired) electrons. The third kappa shape index (κ3) is 5.07. The Labute approximate surface area is 203 Å². The summed E-state index contributed by atoms with van der Waals surface area (Å²) in [6, 6.07) is 15.8. The molecule has 2 aromatic carbocycles. The van der Waals surface area contributed by atoms with E-state index in [2.05, 4.69) is 35.9 Å². The fourth-order valence-corrected chi connectivity index (χ4v) is 5.19. The number of likely N-dealkylation sites (tertiary alicyclic amines) is 1. The molecule has 182 valence electrons. The molecule has 6 heteroatoms. The van der Waals surface area contributed by atoms with Crippen molar-refractivity contribution in [2.75, 3.05) is 25.6 Å². The van der Waals surface area contributed by atoms with Gasteiger partial charge in [0.1, 0.15) is 12.0 Å². The van der Waals surface area contributed by atoms with Crippen LogP contribution in [-0.2, 0) is 6.42 Å². The Morgan fingerprint density at radius 1 is 1.15 bits per heavy atom. The van der Waals surface area contributed by atoms with Gasteiger partial charge in [-0.1, -0.05) is 30.7 Å². The molecule has 1 fully saturated rings. The molecule has 2 N–H and O–H groups in total. The topological polar surface area (TPSA) is 67.2 Å². The van der Waals surface area contributed by atoms with Gasteiger partial charge in [-0.3, -0.25) is 9.89 Å². The minimum Gasteiger partial charge on any atom is -0.495 e. The molecule has 0 bridgehead atoms. The third-order valence-corrected chi connectivity index (χ3v) is 7.14. The molecule has 34 heavy (non-hydrogen) atoms. The van der Waals surface area contributed by atoms with E-state index in [0.29, 0.717) is 23.9 Å². The van der Waals surface area contributed by atoms with Gasteiger partial charge in [-0.2, -0.15) is 0 Å². The van der Waals surface area contributed by atoms with Crippen molar-refractivity contribution in [3.8, 4) is 5.75 Å². The normalized spacial score (nSPS) is 19.5. The average Bonchev–Trinajstić information content (AvgIpc) is 3.27. The summed E-state index contributed by atoms with van der Waals surface area (Å²) in [6.07, 6.45) is 9.10. The Morgan fingerprint density at radius 3 is 2.65 bits per heavy atom. The van der Waals surface area contributed by atoms with Crippen LogP contribution in [0.2, 0.25) is 0 Å². The van der Waals surface area contributed by atoms with Gasteiger partial charge in [0.25, 0.3) is 0 Å². The lowest BCUT2D eigenvalue weighted by Gasteiger charge is -2.39. The van der Waals surface area contributed by atoms with Crippen molar-refractivity contribution >= 4 is 28.3 Å². The molecule has 0 amide bonds. The van der Waals surface area contributed by atoms with Crippen LogP contribution in [0, 0.1) is 0 Å². The maximum Gasteiger partial charge on any atom is 0.214 e. The van der Waals surface area contributed by atoms with Crippen molar-refractivity contribution in [2.45, 2.75) is 64.5 Å². The highest BCUT2D eigenvalue weighted by Crippen LogP contribution is 2.39. The smallest absolute Gasteiger partial charge is 0.214 e. The van der Waals surface area contributed by atoms with Gasteiger partial charge in [-0.25, -0.2) is 4.90 Å². The second kappa shape index (κ2) is 11.0. The van der Waals surface area contributed by atoms with Gasteiger partial charge in [-0.05, 0) is 76.3 Å². The average molecular weight is 463 g/mol. The highest BCUT2D eigenvalue weighted by atomic mass is 16.5. The Balaban J connectivity index is 1.54. The molecule has 1 aromatic heterocycles. The fraction of sp³-hybridized carbons (Fsp3) is 0.464. The summed E-state index contributed by atoms with van der Waals surface area (Å²) >= 11 is 0. The molecule has 4 rings (SSSR count). The summed E-state index contributed by atoms with van der Waals surface area (Å²) in [4.78, 5) is 8.81. The maximum absolute atomic E-state index is 6.39. The highest BCUT2D eigenvalue weighted by molar-refractivity contribution is 6.08. The van der Waals surface area contributed by atoms with E-state index in [4.69, 9.17) is 14.9 Å². The number of aryl methyl sites for hydroxylation is 1. The number of furan rings is 1. The van der Waals surface area contributed by atoms with E-state index in [1.54, 1.807) is 20.4 Å². The van der Waals surface area contributed by atoms with Crippen LogP contribution in [0.25, 0.3) is 10.8 Å². The lowest BCUT2D eigenvalue weighted by molar-refractivity contribution is 0.101. The molecule has 0 saturated carbocycles. The van der Waals surface area contributed by atoms with Crippen LogP contribution in [0.15, 0.2) is 58.1 Å². The van der Waals surface area contributed by atoms with Gasteiger partial charge < -0.3 is 14.9 Å². The number of guanidine groups is 1. The molecule has 2 heterocycles. The largest absolute Gasteiger partial charge is 0.495 e. The SMILES string of the molecule is CN=C(N)N(c1cc(CCCCN2C(C)CCCC2C)ccc1OC)c1occ2ccccc12. The first-order chi connectivity index (χ1) is 16.5. The number of nitrogens with two attached hydrogens (primary N) is 1.